The number of ether oxygens (including phenoxy) is 1. The number of hydrogen-bond donors (Lipinski definition) is 1. The number of amides is 1. The summed E-state index contributed by atoms with van der Waals surface area (Å²) >= 11 is 11.8. The van der Waals surface area contributed by atoms with Crippen molar-refractivity contribution in [3.05, 3.63) is 64.1 Å². The maximum atomic E-state index is 12.4. The van der Waals surface area contributed by atoms with Crippen LogP contribution in [-0.2, 0) is 14.3 Å². The van der Waals surface area contributed by atoms with Gasteiger partial charge >= 0.3 is 5.97 Å². The van der Waals surface area contributed by atoms with E-state index in [1.807, 2.05) is 37.3 Å². The van der Waals surface area contributed by atoms with Crippen molar-refractivity contribution in [2.75, 3.05) is 5.32 Å². The van der Waals surface area contributed by atoms with Gasteiger partial charge in [-0.15, -0.1) is 0 Å². The zero-order valence-corrected chi connectivity index (χ0v) is 15.5. The highest BCUT2D eigenvalue weighted by atomic mass is 35.5. The maximum absolute atomic E-state index is 12.4. The Morgan fingerprint density at radius 3 is 2.24 bits per heavy atom. The van der Waals surface area contributed by atoms with Gasteiger partial charge in [0, 0.05) is 15.7 Å². The Kier molecular flexibility index (Phi) is 6.85. The Morgan fingerprint density at radius 1 is 1.08 bits per heavy atom. The highest BCUT2D eigenvalue weighted by Crippen LogP contribution is 2.24. The second-order valence-corrected chi connectivity index (χ2v) is 6.47. The quantitative estimate of drug-likeness (QED) is 0.713. The highest BCUT2D eigenvalue weighted by molar-refractivity contribution is 6.35. The molecule has 0 unspecified atom stereocenters. The summed E-state index contributed by atoms with van der Waals surface area (Å²) in [6, 6.07) is 14.1. The van der Waals surface area contributed by atoms with Crippen molar-refractivity contribution in [2.45, 2.75) is 32.3 Å². The van der Waals surface area contributed by atoms with Crippen LogP contribution in [0.4, 0.5) is 5.69 Å². The first-order valence-electron chi connectivity index (χ1n) is 7.93. The predicted octanol–water partition coefficient (Wildman–Crippen LogP) is 5.06. The Balaban J connectivity index is 2.01. The molecule has 0 saturated carbocycles. The summed E-state index contributed by atoms with van der Waals surface area (Å²) in [6.07, 6.45) is -0.357. The van der Waals surface area contributed by atoms with Gasteiger partial charge in [-0.1, -0.05) is 60.5 Å². The van der Waals surface area contributed by atoms with Gasteiger partial charge in [-0.3, -0.25) is 9.59 Å². The van der Waals surface area contributed by atoms with Crippen molar-refractivity contribution < 1.29 is 14.3 Å². The first-order valence-corrected chi connectivity index (χ1v) is 8.68. The summed E-state index contributed by atoms with van der Waals surface area (Å²) < 4.78 is 5.34. The van der Waals surface area contributed by atoms with Gasteiger partial charge < -0.3 is 10.1 Å². The topological polar surface area (TPSA) is 55.4 Å². The molecule has 0 aliphatic rings. The van der Waals surface area contributed by atoms with Crippen molar-refractivity contribution in [1.82, 2.24) is 0 Å². The fourth-order valence-corrected chi connectivity index (χ4v) is 2.93. The number of hydrogen-bond acceptors (Lipinski definition) is 3. The molecule has 132 valence electrons. The molecular formula is C19H19Cl2NO3. The van der Waals surface area contributed by atoms with E-state index >= 15 is 0 Å². The zero-order chi connectivity index (χ0) is 18.4. The average Bonchev–Trinajstić information content (AvgIpc) is 2.55. The largest absolute Gasteiger partial charge is 0.452 e. The minimum absolute atomic E-state index is 0.405. The fourth-order valence-electron chi connectivity index (χ4n) is 2.40. The summed E-state index contributed by atoms with van der Waals surface area (Å²) in [4.78, 5) is 24.6. The number of carbonyl (C=O) groups is 2. The lowest BCUT2D eigenvalue weighted by Crippen LogP contribution is -2.31. The van der Waals surface area contributed by atoms with E-state index in [-0.39, 0.29) is 0 Å². The highest BCUT2D eigenvalue weighted by Gasteiger charge is 2.25. The van der Waals surface area contributed by atoms with Crippen LogP contribution in [0.2, 0.25) is 10.0 Å². The van der Waals surface area contributed by atoms with Crippen molar-refractivity contribution in [3.8, 4) is 0 Å². The molecule has 2 atom stereocenters. The van der Waals surface area contributed by atoms with Gasteiger partial charge in [0.2, 0.25) is 0 Å². The second-order valence-electron chi connectivity index (χ2n) is 5.60. The molecule has 0 radical (unpaired) electrons. The van der Waals surface area contributed by atoms with Gasteiger partial charge in [-0.2, -0.15) is 0 Å². The molecule has 2 rings (SSSR count). The molecule has 0 spiro atoms. The van der Waals surface area contributed by atoms with Crippen LogP contribution < -0.4 is 5.32 Å². The number of benzene rings is 2. The van der Waals surface area contributed by atoms with E-state index in [2.05, 4.69) is 5.32 Å². The van der Waals surface area contributed by atoms with Crippen LogP contribution in [0.25, 0.3) is 0 Å². The van der Waals surface area contributed by atoms with E-state index in [9.17, 15) is 9.59 Å². The number of rotatable bonds is 6. The van der Waals surface area contributed by atoms with Gasteiger partial charge in [0.15, 0.2) is 6.10 Å². The molecule has 4 nitrogen and oxygen atoms in total. The number of anilines is 1. The van der Waals surface area contributed by atoms with E-state index < -0.39 is 23.9 Å². The average molecular weight is 380 g/mol. The summed E-state index contributed by atoms with van der Waals surface area (Å²) in [6.45, 7) is 3.43. The number of nitrogens with one attached hydrogen (secondary N) is 1. The third-order valence-electron chi connectivity index (χ3n) is 3.69. The van der Waals surface area contributed by atoms with Crippen LogP contribution in [-0.4, -0.2) is 18.0 Å². The molecule has 0 aromatic heterocycles. The molecule has 0 bridgehead atoms. The SMILES string of the molecule is CC[C@@H](C(=O)O[C@H](C)C(=O)Nc1cc(Cl)cc(Cl)c1)c1ccccc1. The first-order chi connectivity index (χ1) is 11.9. The van der Waals surface area contributed by atoms with E-state index in [0.29, 0.717) is 22.2 Å². The van der Waals surface area contributed by atoms with Gasteiger partial charge in [0.05, 0.1) is 5.92 Å². The molecular weight excluding hydrogens is 361 g/mol. The zero-order valence-electron chi connectivity index (χ0n) is 14.0. The summed E-state index contributed by atoms with van der Waals surface area (Å²) in [5.41, 5.74) is 1.31. The van der Waals surface area contributed by atoms with Crippen molar-refractivity contribution in [3.63, 3.8) is 0 Å². The Bertz CT molecular complexity index is 729. The van der Waals surface area contributed by atoms with Gasteiger partial charge in [-0.25, -0.2) is 0 Å². The minimum Gasteiger partial charge on any atom is -0.452 e. The van der Waals surface area contributed by atoms with Gasteiger partial charge in [0.25, 0.3) is 5.91 Å². The molecule has 0 aliphatic carbocycles. The lowest BCUT2D eigenvalue weighted by atomic mass is 9.97. The maximum Gasteiger partial charge on any atom is 0.314 e. The molecule has 1 amide bonds. The Hall–Kier alpha value is -2.04. The Morgan fingerprint density at radius 2 is 1.68 bits per heavy atom. The predicted molar refractivity (Wildman–Crippen MR) is 100 cm³/mol. The van der Waals surface area contributed by atoms with Crippen molar-refractivity contribution in [1.29, 1.82) is 0 Å². The molecule has 1 N–H and O–H groups in total. The molecule has 0 saturated heterocycles. The molecule has 0 fully saturated rings. The molecule has 6 heteroatoms. The van der Waals surface area contributed by atoms with E-state index in [1.54, 1.807) is 18.2 Å². The van der Waals surface area contributed by atoms with E-state index in [1.165, 1.54) is 6.92 Å². The van der Waals surface area contributed by atoms with Gasteiger partial charge in [0.1, 0.15) is 0 Å². The van der Waals surface area contributed by atoms with Crippen LogP contribution in [0, 0.1) is 0 Å². The van der Waals surface area contributed by atoms with Crippen LogP contribution >= 0.6 is 23.2 Å². The smallest absolute Gasteiger partial charge is 0.314 e. The number of carbonyl (C=O) groups excluding carboxylic acids is 2. The number of esters is 1. The number of halogens is 2. The lowest BCUT2D eigenvalue weighted by Gasteiger charge is -2.18. The molecule has 25 heavy (non-hydrogen) atoms. The third-order valence-corrected chi connectivity index (χ3v) is 4.12. The molecule has 0 heterocycles. The Labute approximate surface area is 157 Å². The summed E-state index contributed by atoms with van der Waals surface area (Å²) in [5.74, 6) is -1.29. The summed E-state index contributed by atoms with van der Waals surface area (Å²) in [7, 11) is 0. The van der Waals surface area contributed by atoms with Crippen LogP contribution in [0.3, 0.4) is 0 Å². The molecule has 2 aromatic rings. The standard InChI is InChI=1S/C19H19Cl2NO3/c1-3-17(13-7-5-4-6-8-13)19(24)25-12(2)18(23)22-16-10-14(20)9-15(21)11-16/h4-12,17H,3H2,1-2H3,(H,22,23)/t12-,17-/m1/s1. The molecule has 2 aromatic carbocycles. The van der Waals surface area contributed by atoms with E-state index in [4.69, 9.17) is 27.9 Å². The van der Waals surface area contributed by atoms with Crippen LogP contribution in [0.5, 0.6) is 0 Å². The second kappa shape index (κ2) is 8.88. The van der Waals surface area contributed by atoms with Crippen LogP contribution in [0.1, 0.15) is 31.7 Å². The first kappa shape index (κ1) is 19.3. The van der Waals surface area contributed by atoms with Crippen LogP contribution in [0.15, 0.2) is 48.5 Å². The normalized spacial score (nSPS) is 13.0. The summed E-state index contributed by atoms with van der Waals surface area (Å²) in [5, 5.41) is 3.45. The minimum atomic E-state index is -0.942. The lowest BCUT2D eigenvalue weighted by molar-refractivity contribution is -0.154. The van der Waals surface area contributed by atoms with Crippen molar-refractivity contribution >= 4 is 40.8 Å². The fraction of sp³-hybridized carbons (Fsp3) is 0.263. The third kappa shape index (κ3) is 5.48. The van der Waals surface area contributed by atoms with E-state index in [0.717, 1.165) is 5.56 Å². The monoisotopic (exact) mass is 379 g/mol. The molecule has 0 aliphatic heterocycles. The van der Waals surface area contributed by atoms with Crippen molar-refractivity contribution in [2.24, 2.45) is 0 Å². The van der Waals surface area contributed by atoms with Gasteiger partial charge in [-0.05, 0) is 37.1 Å².